The SMILES string of the molecule is CC(C)[Si](c1ccc([I+]c2ccccc2)cc1)(C(C)C)C(C)C. The van der Waals surface area contributed by atoms with E-state index in [9.17, 15) is 0 Å². The van der Waals surface area contributed by atoms with Gasteiger partial charge in [0.25, 0.3) is 0 Å². The second-order valence-corrected chi connectivity index (χ2v) is 16.2. The minimum Gasteiger partial charge on any atom is -0.0648 e. The molecule has 0 N–H and O–H groups in total. The lowest BCUT2D eigenvalue weighted by Crippen LogP contribution is -3.61. The van der Waals surface area contributed by atoms with Crippen molar-refractivity contribution in [3.8, 4) is 0 Å². The Kier molecular flexibility index (Phi) is 6.49. The molecular weight excluding hydrogens is 407 g/mol. The molecule has 0 fully saturated rings. The summed E-state index contributed by atoms with van der Waals surface area (Å²) in [4.78, 5) is 0. The predicted octanol–water partition coefficient (Wildman–Crippen LogP) is 2.70. The van der Waals surface area contributed by atoms with Crippen molar-refractivity contribution >= 4 is 13.3 Å². The molecule has 0 saturated carbocycles. The van der Waals surface area contributed by atoms with Gasteiger partial charge in [-0.25, -0.2) is 0 Å². The molecule has 0 saturated heterocycles. The molecule has 0 aliphatic rings. The van der Waals surface area contributed by atoms with Crippen molar-refractivity contribution in [2.75, 3.05) is 0 Å². The summed E-state index contributed by atoms with van der Waals surface area (Å²) >= 11 is -0.0527. The fraction of sp³-hybridized carbons (Fsp3) is 0.429. The molecule has 0 atom stereocenters. The highest BCUT2D eigenvalue weighted by Crippen LogP contribution is 2.40. The molecule has 2 aromatic rings. The molecule has 0 amide bonds. The Morgan fingerprint density at radius 3 is 1.48 bits per heavy atom. The van der Waals surface area contributed by atoms with Crippen LogP contribution in [0.25, 0.3) is 0 Å². The maximum absolute atomic E-state index is 2.46. The number of hydrogen-bond acceptors (Lipinski definition) is 0. The molecule has 2 rings (SSSR count). The van der Waals surface area contributed by atoms with Gasteiger partial charge in [0, 0.05) is 0 Å². The highest BCUT2D eigenvalue weighted by atomic mass is 127. The standard InChI is InChI=1S/C21H30ISi/c1-16(2)23(17(3)4,18(5)6)21-14-12-20(13-15-21)22-19-10-8-7-9-11-19/h7-18H,1-6H3/q+1. The molecule has 0 nitrogen and oxygen atoms in total. The van der Waals surface area contributed by atoms with Crippen LogP contribution in [0.1, 0.15) is 41.5 Å². The van der Waals surface area contributed by atoms with Crippen LogP contribution in [0.3, 0.4) is 0 Å². The summed E-state index contributed by atoms with van der Waals surface area (Å²) in [5, 5.41) is 1.65. The Morgan fingerprint density at radius 2 is 1.04 bits per heavy atom. The molecule has 0 spiro atoms. The van der Waals surface area contributed by atoms with Crippen molar-refractivity contribution in [2.24, 2.45) is 0 Å². The number of halogens is 1. The van der Waals surface area contributed by atoms with Gasteiger partial charge in [0.15, 0.2) is 7.14 Å². The van der Waals surface area contributed by atoms with E-state index in [4.69, 9.17) is 0 Å². The van der Waals surface area contributed by atoms with Crippen molar-refractivity contribution in [3.05, 3.63) is 61.7 Å². The van der Waals surface area contributed by atoms with Gasteiger partial charge < -0.3 is 0 Å². The molecule has 0 bridgehead atoms. The van der Waals surface area contributed by atoms with Gasteiger partial charge >= 0.3 is 21.2 Å². The highest BCUT2D eigenvalue weighted by molar-refractivity contribution is 6.95. The lowest BCUT2D eigenvalue weighted by molar-refractivity contribution is -0.597. The molecule has 2 heteroatoms. The van der Waals surface area contributed by atoms with Crippen LogP contribution in [0.4, 0.5) is 0 Å². The average Bonchev–Trinajstić information content (AvgIpc) is 2.49. The van der Waals surface area contributed by atoms with Crippen LogP contribution in [-0.2, 0) is 0 Å². The third-order valence-corrected chi connectivity index (χ3v) is 14.9. The summed E-state index contributed by atoms with van der Waals surface area (Å²) in [6, 6.07) is 20.7. The van der Waals surface area contributed by atoms with E-state index in [2.05, 4.69) is 96.1 Å². The van der Waals surface area contributed by atoms with E-state index in [0.29, 0.717) is 0 Å². The zero-order chi connectivity index (χ0) is 17.0. The quantitative estimate of drug-likeness (QED) is 0.482. The van der Waals surface area contributed by atoms with E-state index in [1.165, 1.54) is 7.14 Å². The highest BCUT2D eigenvalue weighted by Gasteiger charge is 2.44. The molecule has 0 radical (unpaired) electrons. The van der Waals surface area contributed by atoms with Crippen LogP contribution in [-0.4, -0.2) is 8.07 Å². The molecule has 0 heterocycles. The van der Waals surface area contributed by atoms with Crippen LogP contribution >= 0.6 is 0 Å². The Balaban J connectivity index is 2.33. The van der Waals surface area contributed by atoms with Gasteiger partial charge in [-0.1, -0.05) is 77.1 Å². The van der Waals surface area contributed by atoms with E-state index in [0.717, 1.165) is 16.6 Å². The summed E-state index contributed by atoms with van der Waals surface area (Å²) in [6.45, 7) is 14.6. The van der Waals surface area contributed by atoms with E-state index >= 15 is 0 Å². The van der Waals surface area contributed by atoms with Crippen molar-refractivity contribution < 1.29 is 21.2 Å². The molecule has 2 aromatic carbocycles. The Bertz CT molecular complexity index is 578. The first kappa shape index (κ1) is 18.7. The topological polar surface area (TPSA) is 0 Å². The molecule has 0 unspecified atom stereocenters. The fourth-order valence-corrected chi connectivity index (χ4v) is 13.4. The van der Waals surface area contributed by atoms with Gasteiger partial charge in [0.05, 0.1) is 8.07 Å². The Labute approximate surface area is 154 Å². The Morgan fingerprint density at radius 1 is 0.609 bits per heavy atom. The van der Waals surface area contributed by atoms with E-state index in [1.807, 2.05) is 0 Å². The third-order valence-electron chi connectivity index (χ3n) is 5.16. The molecule has 124 valence electrons. The van der Waals surface area contributed by atoms with Gasteiger partial charge in [0.2, 0.25) is 0 Å². The molecule has 0 aliphatic carbocycles. The first-order valence-corrected chi connectivity index (χ1v) is 13.1. The summed E-state index contributed by atoms with van der Waals surface area (Å²) < 4.78 is 3.03. The third kappa shape index (κ3) is 3.90. The summed E-state index contributed by atoms with van der Waals surface area (Å²) in [6.07, 6.45) is 0. The van der Waals surface area contributed by atoms with E-state index in [-0.39, 0.29) is 21.2 Å². The minimum absolute atomic E-state index is 0.0527. The van der Waals surface area contributed by atoms with Crippen LogP contribution < -0.4 is 26.4 Å². The summed E-state index contributed by atoms with van der Waals surface area (Å²) in [7, 11) is -1.51. The largest absolute Gasteiger partial charge is 0.357 e. The fourth-order valence-electron chi connectivity index (χ4n) is 4.41. The second-order valence-electron chi connectivity index (χ2n) is 7.29. The maximum atomic E-state index is 2.46. The van der Waals surface area contributed by atoms with E-state index in [1.54, 1.807) is 5.19 Å². The lowest BCUT2D eigenvalue weighted by Gasteiger charge is -2.43. The van der Waals surface area contributed by atoms with Crippen molar-refractivity contribution in [2.45, 2.75) is 58.2 Å². The molecule has 0 aliphatic heterocycles. The van der Waals surface area contributed by atoms with Gasteiger partial charge in [0.1, 0.15) is 0 Å². The monoisotopic (exact) mass is 437 g/mol. The number of hydrogen-bond donors (Lipinski definition) is 0. The minimum atomic E-state index is -1.51. The van der Waals surface area contributed by atoms with Crippen LogP contribution in [0, 0.1) is 7.14 Å². The first-order valence-electron chi connectivity index (χ1n) is 8.69. The van der Waals surface area contributed by atoms with Gasteiger partial charge in [-0.3, -0.25) is 0 Å². The van der Waals surface area contributed by atoms with Crippen LogP contribution in [0.15, 0.2) is 54.6 Å². The van der Waals surface area contributed by atoms with Gasteiger partial charge in [-0.05, 0) is 40.9 Å². The van der Waals surface area contributed by atoms with Gasteiger partial charge in [-0.15, -0.1) is 0 Å². The first-order chi connectivity index (χ1) is 10.9. The Hall–Kier alpha value is -0.613. The zero-order valence-electron chi connectivity index (χ0n) is 15.3. The van der Waals surface area contributed by atoms with Crippen LogP contribution in [0.5, 0.6) is 0 Å². The van der Waals surface area contributed by atoms with Crippen LogP contribution in [0.2, 0.25) is 16.6 Å². The zero-order valence-corrected chi connectivity index (χ0v) is 18.5. The summed E-state index contributed by atoms with van der Waals surface area (Å²) in [5.74, 6) is 0. The molecular formula is C21H30ISi+. The molecule has 0 aromatic heterocycles. The van der Waals surface area contributed by atoms with E-state index < -0.39 is 8.07 Å². The van der Waals surface area contributed by atoms with Crippen molar-refractivity contribution in [1.82, 2.24) is 0 Å². The maximum Gasteiger partial charge on any atom is 0.357 e. The summed E-state index contributed by atoms with van der Waals surface area (Å²) in [5.41, 5.74) is 2.33. The second kappa shape index (κ2) is 7.97. The van der Waals surface area contributed by atoms with Gasteiger partial charge in [-0.2, -0.15) is 0 Å². The van der Waals surface area contributed by atoms with Crippen molar-refractivity contribution in [3.63, 3.8) is 0 Å². The number of benzene rings is 2. The average molecular weight is 437 g/mol. The molecule has 23 heavy (non-hydrogen) atoms. The number of rotatable bonds is 6. The predicted molar refractivity (Wildman–Crippen MR) is 101 cm³/mol. The normalized spacial score (nSPS) is 12.4. The smallest absolute Gasteiger partial charge is 0.0648 e. The lowest BCUT2D eigenvalue weighted by atomic mass is 10.4. The van der Waals surface area contributed by atoms with Crippen molar-refractivity contribution in [1.29, 1.82) is 0 Å².